The first-order valence-electron chi connectivity index (χ1n) is 7.85. The lowest BCUT2D eigenvalue weighted by Crippen LogP contribution is -2.39. The van der Waals surface area contributed by atoms with E-state index in [-0.39, 0.29) is 16.3 Å². The van der Waals surface area contributed by atoms with E-state index in [1.54, 1.807) is 0 Å². The Morgan fingerprint density at radius 1 is 1.21 bits per heavy atom. The summed E-state index contributed by atoms with van der Waals surface area (Å²) in [7, 11) is -2.31. The molecule has 3 heterocycles. The maximum absolute atomic E-state index is 13.0. The number of H-pyrrole nitrogens is 1. The highest BCUT2D eigenvalue weighted by Gasteiger charge is 2.43. The predicted octanol–water partition coefficient (Wildman–Crippen LogP) is -0.791. The minimum absolute atomic E-state index is 0.0240. The van der Waals surface area contributed by atoms with Gasteiger partial charge in [-0.2, -0.15) is 4.31 Å². The molecule has 0 radical (unpaired) electrons. The van der Waals surface area contributed by atoms with E-state index >= 15 is 0 Å². The van der Waals surface area contributed by atoms with E-state index in [4.69, 9.17) is 0 Å². The number of rotatable bonds is 2. The molecule has 0 amide bonds. The molecule has 2 fully saturated rings. The Hall–Kier alpha value is -1.97. The summed E-state index contributed by atoms with van der Waals surface area (Å²) in [5, 5.41) is 3.42. The second-order valence-electron chi connectivity index (χ2n) is 6.39. The number of hydrogen-bond donors (Lipinski definition) is 2. The molecule has 2 atom stereocenters. The number of hydrogen-bond acceptors (Lipinski definition) is 5. The topological polar surface area (TPSA) is 104 Å². The Kier molecular flexibility index (Phi) is 3.41. The Balaban J connectivity index is 1.84. The van der Waals surface area contributed by atoms with Crippen molar-refractivity contribution in [2.75, 3.05) is 19.6 Å². The summed E-state index contributed by atoms with van der Waals surface area (Å²) in [4.78, 5) is 26.6. The quantitative estimate of drug-likeness (QED) is 0.739. The number of nitrogens with zero attached hydrogens (tertiary/aromatic N) is 2. The summed E-state index contributed by atoms with van der Waals surface area (Å²) in [5.74, 6) is 0.351. The summed E-state index contributed by atoms with van der Waals surface area (Å²) in [6.45, 7) is 2.00. The number of sulfonamides is 1. The van der Waals surface area contributed by atoms with Gasteiger partial charge in [0.2, 0.25) is 10.0 Å². The van der Waals surface area contributed by atoms with E-state index in [1.807, 2.05) is 0 Å². The van der Waals surface area contributed by atoms with Gasteiger partial charge in [-0.15, -0.1) is 0 Å². The van der Waals surface area contributed by atoms with Gasteiger partial charge in [0.15, 0.2) is 0 Å². The molecule has 2 aromatic rings. The van der Waals surface area contributed by atoms with Gasteiger partial charge in [0.05, 0.1) is 15.8 Å². The molecular formula is C15H18N4O4S. The third kappa shape index (κ3) is 2.15. The Morgan fingerprint density at radius 2 is 2.00 bits per heavy atom. The highest BCUT2D eigenvalue weighted by Crippen LogP contribution is 2.32. The highest BCUT2D eigenvalue weighted by molar-refractivity contribution is 7.89. The summed E-state index contributed by atoms with van der Waals surface area (Å²) < 4.78 is 28.5. The molecule has 1 aromatic heterocycles. The van der Waals surface area contributed by atoms with Crippen LogP contribution in [0.2, 0.25) is 0 Å². The van der Waals surface area contributed by atoms with Crippen LogP contribution in [0.25, 0.3) is 10.9 Å². The fraction of sp³-hybridized carbons (Fsp3) is 0.467. The van der Waals surface area contributed by atoms with Crippen LogP contribution in [0, 0.1) is 5.92 Å². The molecule has 2 saturated heterocycles. The molecule has 128 valence electrons. The lowest BCUT2D eigenvalue weighted by Gasteiger charge is -2.23. The molecule has 2 aliphatic rings. The van der Waals surface area contributed by atoms with Crippen LogP contribution in [-0.2, 0) is 17.1 Å². The molecule has 4 rings (SSSR count). The maximum atomic E-state index is 13.0. The molecular weight excluding hydrogens is 332 g/mol. The average molecular weight is 350 g/mol. The van der Waals surface area contributed by atoms with Gasteiger partial charge in [-0.3, -0.25) is 9.36 Å². The Bertz CT molecular complexity index is 1040. The normalized spacial score (nSPS) is 24.5. The zero-order valence-electron chi connectivity index (χ0n) is 13.2. The van der Waals surface area contributed by atoms with Crippen molar-refractivity contribution in [3.8, 4) is 0 Å². The van der Waals surface area contributed by atoms with Crippen molar-refractivity contribution in [3.63, 3.8) is 0 Å². The van der Waals surface area contributed by atoms with Gasteiger partial charge in [0.25, 0.3) is 5.56 Å². The number of aromatic amines is 1. The van der Waals surface area contributed by atoms with Crippen LogP contribution in [0.4, 0.5) is 0 Å². The van der Waals surface area contributed by atoms with Crippen LogP contribution in [0.5, 0.6) is 0 Å². The lowest BCUT2D eigenvalue weighted by atomic mass is 10.1. The Labute approximate surface area is 138 Å². The predicted molar refractivity (Wildman–Crippen MR) is 88.5 cm³/mol. The van der Waals surface area contributed by atoms with Gasteiger partial charge in [-0.25, -0.2) is 13.2 Å². The van der Waals surface area contributed by atoms with Gasteiger partial charge in [0.1, 0.15) is 0 Å². The number of nitrogens with one attached hydrogen (secondary N) is 2. The summed E-state index contributed by atoms with van der Waals surface area (Å²) in [6.07, 6.45) is 0.847. The van der Waals surface area contributed by atoms with Gasteiger partial charge in [-0.1, -0.05) is 0 Å². The molecule has 0 unspecified atom stereocenters. The smallest absolute Gasteiger partial charge is 0.315 e. The molecule has 2 N–H and O–H groups in total. The zero-order valence-corrected chi connectivity index (χ0v) is 14.0. The average Bonchev–Trinajstić information content (AvgIpc) is 3.15. The zero-order chi connectivity index (χ0) is 17.1. The van der Waals surface area contributed by atoms with Gasteiger partial charge < -0.3 is 10.3 Å². The van der Waals surface area contributed by atoms with E-state index in [2.05, 4.69) is 10.3 Å². The Morgan fingerprint density at radius 3 is 2.79 bits per heavy atom. The number of aromatic nitrogens is 2. The maximum Gasteiger partial charge on any atom is 0.328 e. The molecule has 1 aromatic carbocycles. The fourth-order valence-electron chi connectivity index (χ4n) is 3.69. The van der Waals surface area contributed by atoms with E-state index in [0.717, 1.165) is 17.5 Å². The minimum Gasteiger partial charge on any atom is -0.315 e. The first kappa shape index (κ1) is 15.6. The van der Waals surface area contributed by atoms with E-state index in [1.165, 1.54) is 29.6 Å². The van der Waals surface area contributed by atoms with Crippen molar-refractivity contribution in [3.05, 3.63) is 39.0 Å². The third-order valence-electron chi connectivity index (χ3n) is 5.07. The van der Waals surface area contributed by atoms with Crippen LogP contribution in [-0.4, -0.2) is 48.0 Å². The second-order valence-corrected chi connectivity index (χ2v) is 8.28. The van der Waals surface area contributed by atoms with E-state index in [0.29, 0.717) is 24.5 Å². The first-order valence-corrected chi connectivity index (χ1v) is 9.29. The first-order chi connectivity index (χ1) is 11.4. The van der Waals surface area contributed by atoms with E-state index in [9.17, 15) is 18.0 Å². The molecule has 9 heteroatoms. The largest absolute Gasteiger partial charge is 0.328 e. The van der Waals surface area contributed by atoms with Gasteiger partial charge >= 0.3 is 5.69 Å². The van der Waals surface area contributed by atoms with Crippen molar-refractivity contribution >= 4 is 20.9 Å². The standard InChI is InChI=1S/C15H18N4O4S/c1-18-14(20)11-6-10(2-3-12(11)17-15(18)21)24(22,23)19-5-4-9-7-16-8-13(9)19/h2-3,6,9,13,16H,4-5,7-8H2,1H3,(H,17,21)/t9-,13+/m0/s1. The van der Waals surface area contributed by atoms with Crippen LogP contribution < -0.4 is 16.6 Å². The van der Waals surface area contributed by atoms with Crippen molar-refractivity contribution in [2.24, 2.45) is 13.0 Å². The van der Waals surface area contributed by atoms with Crippen molar-refractivity contribution in [2.45, 2.75) is 17.4 Å². The highest BCUT2D eigenvalue weighted by atomic mass is 32.2. The van der Waals surface area contributed by atoms with Crippen molar-refractivity contribution in [1.82, 2.24) is 19.2 Å². The van der Waals surface area contributed by atoms with Crippen LogP contribution in [0.1, 0.15) is 6.42 Å². The fourth-order valence-corrected chi connectivity index (χ4v) is 5.41. The minimum atomic E-state index is -3.67. The third-order valence-corrected chi connectivity index (χ3v) is 6.99. The monoisotopic (exact) mass is 350 g/mol. The number of benzene rings is 1. The molecule has 0 saturated carbocycles. The SMILES string of the molecule is Cn1c(=O)[nH]c2ccc(S(=O)(=O)N3CC[C@H]4CNC[C@H]43)cc2c1=O. The van der Waals surface area contributed by atoms with Crippen LogP contribution in [0.15, 0.2) is 32.7 Å². The molecule has 0 spiro atoms. The molecule has 0 aliphatic carbocycles. The second kappa shape index (κ2) is 5.27. The molecule has 2 aliphatic heterocycles. The molecule has 8 nitrogen and oxygen atoms in total. The summed E-state index contributed by atoms with van der Waals surface area (Å²) >= 11 is 0. The van der Waals surface area contributed by atoms with Crippen molar-refractivity contribution in [1.29, 1.82) is 0 Å². The van der Waals surface area contributed by atoms with E-state index < -0.39 is 21.3 Å². The van der Waals surface area contributed by atoms with Crippen molar-refractivity contribution < 1.29 is 8.42 Å². The van der Waals surface area contributed by atoms with Crippen LogP contribution >= 0.6 is 0 Å². The summed E-state index contributed by atoms with van der Waals surface area (Å²) in [6, 6.07) is 4.26. The number of fused-ring (bicyclic) bond motifs is 2. The lowest BCUT2D eigenvalue weighted by molar-refractivity contribution is 0.383. The van der Waals surface area contributed by atoms with Gasteiger partial charge in [0, 0.05) is 26.2 Å². The molecule has 24 heavy (non-hydrogen) atoms. The van der Waals surface area contributed by atoms with Gasteiger partial charge in [-0.05, 0) is 37.1 Å². The van der Waals surface area contributed by atoms with Crippen LogP contribution in [0.3, 0.4) is 0 Å². The molecule has 0 bridgehead atoms. The summed E-state index contributed by atoms with van der Waals surface area (Å²) in [5.41, 5.74) is -0.695.